The molecule has 0 fully saturated rings. The van der Waals surface area contributed by atoms with Crippen LogP contribution >= 0.6 is 0 Å². The summed E-state index contributed by atoms with van der Waals surface area (Å²) in [6.45, 7) is 1.28. The number of hydrogen-bond donors (Lipinski definition) is 3. The molecule has 2 rings (SSSR count). The van der Waals surface area contributed by atoms with Crippen LogP contribution in [0.5, 0.6) is 0 Å². The van der Waals surface area contributed by atoms with Crippen LogP contribution in [-0.2, 0) is 20.9 Å². The first-order valence-corrected chi connectivity index (χ1v) is 10.3. The number of aliphatic hydroxyl groups is 1. The third-order valence-corrected chi connectivity index (χ3v) is 4.65. The molecule has 33 heavy (non-hydrogen) atoms. The van der Waals surface area contributed by atoms with Crippen LogP contribution in [-0.4, -0.2) is 43.3 Å². The minimum absolute atomic E-state index is 0.00796. The molecule has 1 unspecified atom stereocenters. The lowest BCUT2D eigenvalue weighted by Gasteiger charge is -2.19. The smallest absolute Gasteiger partial charge is 0.408 e. The van der Waals surface area contributed by atoms with E-state index in [2.05, 4.69) is 15.4 Å². The predicted octanol–water partition coefficient (Wildman–Crippen LogP) is 3.04. The fraction of sp³-hybridized carbons (Fsp3) is 0.292. The predicted molar refractivity (Wildman–Crippen MR) is 119 cm³/mol. The molecule has 2 aromatic rings. The highest BCUT2D eigenvalue weighted by molar-refractivity contribution is 5.89. The van der Waals surface area contributed by atoms with Gasteiger partial charge in [0.25, 0.3) is 0 Å². The fourth-order valence-electron chi connectivity index (χ4n) is 2.87. The number of methoxy groups -OCH3 is 1. The second kappa shape index (κ2) is 13.0. The summed E-state index contributed by atoms with van der Waals surface area (Å²) in [4.78, 5) is 36.1. The number of carbonyl (C=O) groups is 3. The Morgan fingerprint density at radius 1 is 1.09 bits per heavy atom. The number of carbonyl (C=O) groups excluding carboxylic acids is 3. The maximum absolute atomic E-state index is 15.2. The summed E-state index contributed by atoms with van der Waals surface area (Å²) in [6.07, 6.45) is 0.213. The fourth-order valence-corrected chi connectivity index (χ4v) is 2.87. The Balaban J connectivity index is 2.21. The van der Waals surface area contributed by atoms with E-state index in [0.717, 1.165) is 11.6 Å². The number of halogens is 1. The molecule has 9 heteroatoms. The molecule has 0 aliphatic heterocycles. The molecule has 8 nitrogen and oxygen atoms in total. The molecule has 0 heterocycles. The molecule has 0 saturated carbocycles. The molecule has 0 radical (unpaired) electrons. The van der Waals surface area contributed by atoms with E-state index in [0.29, 0.717) is 5.56 Å². The molecule has 0 bridgehead atoms. The highest BCUT2D eigenvalue weighted by atomic mass is 19.1. The number of rotatable bonds is 10. The summed E-state index contributed by atoms with van der Waals surface area (Å²) in [6, 6.07) is 13.6. The number of alkyl carbamates (subject to hydrolysis) is 1. The number of nitrogens with one attached hydrogen (secondary N) is 2. The van der Waals surface area contributed by atoms with Crippen molar-refractivity contribution < 1.29 is 33.4 Å². The topological polar surface area (TPSA) is 114 Å². The van der Waals surface area contributed by atoms with Gasteiger partial charge in [0.2, 0.25) is 5.91 Å². The Bertz CT molecular complexity index is 963. The Labute approximate surface area is 191 Å². The van der Waals surface area contributed by atoms with Gasteiger partial charge in [-0.1, -0.05) is 42.5 Å². The number of hydrogen-bond acceptors (Lipinski definition) is 6. The highest BCUT2D eigenvalue weighted by Crippen LogP contribution is 2.25. The Kier molecular flexibility index (Phi) is 10.0. The molecular weight excluding hydrogens is 431 g/mol. The molecule has 3 N–H and O–H groups in total. The maximum Gasteiger partial charge on any atom is 0.408 e. The molecule has 2 atom stereocenters. The average Bonchev–Trinajstić information content (AvgIpc) is 2.84. The summed E-state index contributed by atoms with van der Waals surface area (Å²) in [5.74, 6) is -2.69. The van der Waals surface area contributed by atoms with Crippen molar-refractivity contribution in [2.75, 3.05) is 20.3 Å². The van der Waals surface area contributed by atoms with Gasteiger partial charge >= 0.3 is 12.1 Å². The third kappa shape index (κ3) is 8.04. The Morgan fingerprint density at radius 2 is 1.76 bits per heavy atom. The average molecular weight is 458 g/mol. The van der Waals surface area contributed by atoms with Gasteiger partial charge in [-0.2, -0.15) is 0 Å². The van der Waals surface area contributed by atoms with Gasteiger partial charge in [0.15, 0.2) is 0 Å². The minimum Gasteiger partial charge on any atom is -0.465 e. The molecular formula is C24H27FN2O6. The van der Waals surface area contributed by atoms with E-state index in [1.165, 1.54) is 38.3 Å². The quantitative estimate of drug-likeness (QED) is 0.472. The van der Waals surface area contributed by atoms with Crippen LogP contribution in [0.3, 0.4) is 0 Å². The number of benzene rings is 2. The van der Waals surface area contributed by atoms with Gasteiger partial charge in [-0.25, -0.2) is 14.0 Å². The van der Waals surface area contributed by atoms with Crippen LogP contribution in [0.4, 0.5) is 9.18 Å². The first kappa shape index (κ1) is 25.5. The van der Waals surface area contributed by atoms with Crippen molar-refractivity contribution >= 4 is 18.0 Å². The van der Waals surface area contributed by atoms with Gasteiger partial charge in [0.05, 0.1) is 25.2 Å². The van der Waals surface area contributed by atoms with Crippen LogP contribution in [0, 0.1) is 5.92 Å². The molecule has 0 aliphatic rings. The molecule has 0 saturated heterocycles. The van der Waals surface area contributed by atoms with E-state index in [1.54, 1.807) is 24.3 Å². The van der Waals surface area contributed by atoms with Crippen LogP contribution in [0.2, 0.25) is 0 Å². The SMILES string of the molecule is COC(=O)c1ccc(C(NC(=O)OCc2ccccc2)/C(F)=C/[C@@H](C)C(=O)NCCO)cc1. The second-order valence-electron chi connectivity index (χ2n) is 7.11. The van der Waals surface area contributed by atoms with Gasteiger partial charge in [-0.3, -0.25) is 4.79 Å². The zero-order chi connectivity index (χ0) is 24.2. The number of amides is 2. The summed E-state index contributed by atoms with van der Waals surface area (Å²) in [5, 5.41) is 13.7. The van der Waals surface area contributed by atoms with E-state index in [-0.39, 0.29) is 25.3 Å². The molecule has 2 aromatic carbocycles. The first-order valence-electron chi connectivity index (χ1n) is 10.3. The summed E-state index contributed by atoms with van der Waals surface area (Å²) in [7, 11) is 1.25. The van der Waals surface area contributed by atoms with Crippen molar-refractivity contribution in [1.82, 2.24) is 10.6 Å². The monoisotopic (exact) mass is 458 g/mol. The number of aliphatic hydroxyl groups excluding tert-OH is 1. The van der Waals surface area contributed by atoms with Crippen LogP contribution in [0.1, 0.15) is 34.5 Å². The van der Waals surface area contributed by atoms with E-state index >= 15 is 4.39 Å². The standard InChI is InChI=1S/C24H27FN2O6/c1-16(22(29)26-12-13-28)14-20(25)21(18-8-10-19(11-9-18)23(30)32-2)27-24(31)33-15-17-6-4-3-5-7-17/h3-11,14,16,21,28H,12-13,15H2,1-2H3,(H,26,29)(H,27,31)/b20-14-/t16-,21?/m1/s1. The van der Waals surface area contributed by atoms with Crippen LogP contribution in [0.15, 0.2) is 66.5 Å². The Hall–Kier alpha value is -3.72. The lowest BCUT2D eigenvalue weighted by Crippen LogP contribution is -2.32. The van der Waals surface area contributed by atoms with Crippen molar-refractivity contribution in [3.05, 3.63) is 83.2 Å². The lowest BCUT2D eigenvalue weighted by molar-refractivity contribution is -0.123. The van der Waals surface area contributed by atoms with Crippen molar-refractivity contribution in [1.29, 1.82) is 0 Å². The second-order valence-corrected chi connectivity index (χ2v) is 7.11. The van der Waals surface area contributed by atoms with Gasteiger partial charge < -0.3 is 25.2 Å². The van der Waals surface area contributed by atoms with Crippen LogP contribution in [0.25, 0.3) is 0 Å². The molecule has 0 aromatic heterocycles. The van der Waals surface area contributed by atoms with Gasteiger partial charge in [0, 0.05) is 6.54 Å². The first-order chi connectivity index (χ1) is 15.8. The van der Waals surface area contributed by atoms with Gasteiger partial charge in [-0.05, 0) is 36.3 Å². The molecule has 0 spiro atoms. The van der Waals surface area contributed by atoms with Crippen molar-refractivity contribution in [3.8, 4) is 0 Å². The largest absolute Gasteiger partial charge is 0.465 e. The number of ether oxygens (including phenoxy) is 2. The zero-order valence-corrected chi connectivity index (χ0v) is 18.4. The van der Waals surface area contributed by atoms with Crippen LogP contribution < -0.4 is 10.6 Å². The van der Waals surface area contributed by atoms with E-state index in [1.807, 2.05) is 6.07 Å². The van der Waals surface area contributed by atoms with Crippen molar-refractivity contribution in [3.63, 3.8) is 0 Å². The van der Waals surface area contributed by atoms with Gasteiger partial charge in [0.1, 0.15) is 18.5 Å². The summed E-state index contributed by atoms with van der Waals surface area (Å²) < 4.78 is 25.1. The maximum atomic E-state index is 15.2. The third-order valence-electron chi connectivity index (χ3n) is 4.65. The normalized spacial score (nSPS) is 12.9. The molecule has 2 amide bonds. The molecule has 176 valence electrons. The van der Waals surface area contributed by atoms with Gasteiger partial charge in [-0.15, -0.1) is 0 Å². The summed E-state index contributed by atoms with van der Waals surface area (Å²) in [5.41, 5.74) is 1.35. The molecule has 0 aliphatic carbocycles. The van der Waals surface area contributed by atoms with E-state index < -0.39 is 35.8 Å². The zero-order valence-electron chi connectivity index (χ0n) is 18.4. The lowest BCUT2D eigenvalue weighted by atomic mass is 10.0. The summed E-state index contributed by atoms with van der Waals surface area (Å²) >= 11 is 0. The van der Waals surface area contributed by atoms with E-state index in [4.69, 9.17) is 9.84 Å². The highest BCUT2D eigenvalue weighted by Gasteiger charge is 2.23. The minimum atomic E-state index is -1.26. The Morgan fingerprint density at radius 3 is 2.36 bits per heavy atom. The number of esters is 1. The van der Waals surface area contributed by atoms with Crippen molar-refractivity contribution in [2.24, 2.45) is 5.92 Å². The van der Waals surface area contributed by atoms with Crippen molar-refractivity contribution in [2.45, 2.75) is 19.6 Å². The van der Waals surface area contributed by atoms with E-state index in [9.17, 15) is 14.4 Å².